The van der Waals surface area contributed by atoms with E-state index in [1.807, 2.05) is 26.0 Å². The summed E-state index contributed by atoms with van der Waals surface area (Å²) in [7, 11) is 0. The summed E-state index contributed by atoms with van der Waals surface area (Å²) in [5.74, 6) is -0.0538. The lowest BCUT2D eigenvalue weighted by molar-refractivity contribution is 0.0318. The van der Waals surface area contributed by atoms with Crippen LogP contribution >= 0.6 is 0 Å². The average molecular weight is 291 g/mol. The number of nitrogens with zero attached hydrogens (tertiary/aromatic N) is 1. The van der Waals surface area contributed by atoms with Crippen LogP contribution in [0.5, 0.6) is 0 Å². The number of hydrogen-bond acceptors (Lipinski definition) is 4. The van der Waals surface area contributed by atoms with Crippen LogP contribution in [0.3, 0.4) is 0 Å². The molecule has 2 rings (SSSR count). The molecule has 0 unspecified atom stereocenters. The number of carbonyl (C=O) groups is 1. The van der Waals surface area contributed by atoms with E-state index in [0.29, 0.717) is 24.8 Å². The molecule has 5 nitrogen and oxygen atoms in total. The zero-order chi connectivity index (χ0) is 15.1. The van der Waals surface area contributed by atoms with Crippen molar-refractivity contribution in [2.45, 2.75) is 39.2 Å². The van der Waals surface area contributed by atoms with Gasteiger partial charge >= 0.3 is 0 Å². The van der Waals surface area contributed by atoms with Crippen molar-refractivity contribution in [3.63, 3.8) is 0 Å². The topological polar surface area (TPSA) is 63.2 Å². The molecule has 0 aromatic carbocycles. The highest BCUT2D eigenvalue weighted by atomic mass is 16.5. The van der Waals surface area contributed by atoms with Crippen molar-refractivity contribution < 1.29 is 9.53 Å². The SMILES string of the molecule is Cc1ccc(C(=O)NCCCOC2CCNCC2)c(C)n1. The number of pyridine rings is 1. The van der Waals surface area contributed by atoms with E-state index in [1.54, 1.807) is 0 Å². The van der Waals surface area contributed by atoms with E-state index in [-0.39, 0.29) is 5.91 Å². The molecule has 1 aromatic heterocycles. The van der Waals surface area contributed by atoms with Gasteiger partial charge in [-0.05, 0) is 58.3 Å². The predicted octanol–water partition coefficient (Wildman–Crippen LogP) is 1.59. The predicted molar refractivity (Wildman–Crippen MR) is 82.5 cm³/mol. The Labute approximate surface area is 126 Å². The normalized spacial score (nSPS) is 15.9. The Morgan fingerprint density at radius 2 is 2.14 bits per heavy atom. The molecule has 0 atom stereocenters. The maximum absolute atomic E-state index is 12.0. The molecule has 0 saturated carbocycles. The van der Waals surface area contributed by atoms with Crippen molar-refractivity contribution in [3.05, 3.63) is 29.1 Å². The minimum atomic E-state index is -0.0538. The number of hydrogen-bond donors (Lipinski definition) is 2. The van der Waals surface area contributed by atoms with Gasteiger partial charge in [-0.15, -0.1) is 0 Å². The highest BCUT2D eigenvalue weighted by molar-refractivity contribution is 5.95. The number of ether oxygens (including phenoxy) is 1. The van der Waals surface area contributed by atoms with Crippen molar-refractivity contribution in [1.29, 1.82) is 0 Å². The van der Waals surface area contributed by atoms with Gasteiger partial charge in [0.25, 0.3) is 5.91 Å². The van der Waals surface area contributed by atoms with Crippen LogP contribution in [0.25, 0.3) is 0 Å². The second kappa shape index (κ2) is 8.10. The monoisotopic (exact) mass is 291 g/mol. The van der Waals surface area contributed by atoms with Crippen LogP contribution in [0.15, 0.2) is 12.1 Å². The zero-order valence-electron chi connectivity index (χ0n) is 12.9. The van der Waals surface area contributed by atoms with Gasteiger partial charge in [0, 0.05) is 18.8 Å². The van der Waals surface area contributed by atoms with Crippen molar-refractivity contribution in [2.75, 3.05) is 26.2 Å². The van der Waals surface area contributed by atoms with Crippen LogP contribution in [0.2, 0.25) is 0 Å². The quantitative estimate of drug-likeness (QED) is 0.781. The van der Waals surface area contributed by atoms with E-state index < -0.39 is 0 Å². The third-order valence-corrected chi connectivity index (χ3v) is 3.72. The number of rotatable bonds is 6. The Bertz CT molecular complexity index is 471. The van der Waals surface area contributed by atoms with Gasteiger partial charge in [0.05, 0.1) is 17.4 Å². The molecule has 0 aliphatic carbocycles. The first kappa shape index (κ1) is 15.9. The molecule has 1 fully saturated rings. The second-order valence-corrected chi connectivity index (χ2v) is 5.52. The molecule has 2 N–H and O–H groups in total. The van der Waals surface area contributed by atoms with E-state index in [4.69, 9.17) is 4.74 Å². The molecular formula is C16H25N3O2. The van der Waals surface area contributed by atoms with Gasteiger partial charge in [-0.25, -0.2) is 0 Å². The minimum Gasteiger partial charge on any atom is -0.378 e. The van der Waals surface area contributed by atoms with Gasteiger partial charge in [-0.1, -0.05) is 0 Å². The van der Waals surface area contributed by atoms with E-state index in [9.17, 15) is 4.79 Å². The third-order valence-electron chi connectivity index (χ3n) is 3.72. The molecule has 1 aliphatic heterocycles. The summed E-state index contributed by atoms with van der Waals surface area (Å²) in [5, 5.41) is 6.24. The molecule has 0 radical (unpaired) electrons. The smallest absolute Gasteiger partial charge is 0.253 e. The van der Waals surface area contributed by atoms with Crippen LogP contribution in [-0.4, -0.2) is 43.2 Å². The fraction of sp³-hybridized carbons (Fsp3) is 0.625. The van der Waals surface area contributed by atoms with Crippen molar-refractivity contribution in [1.82, 2.24) is 15.6 Å². The summed E-state index contributed by atoms with van der Waals surface area (Å²) < 4.78 is 5.81. The van der Waals surface area contributed by atoms with Crippen molar-refractivity contribution >= 4 is 5.91 Å². The Morgan fingerprint density at radius 1 is 1.38 bits per heavy atom. The Morgan fingerprint density at radius 3 is 2.86 bits per heavy atom. The molecule has 1 amide bonds. The Hall–Kier alpha value is -1.46. The number of piperidine rings is 1. The molecule has 116 valence electrons. The summed E-state index contributed by atoms with van der Waals surface area (Å²) in [4.78, 5) is 16.4. The van der Waals surface area contributed by atoms with Gasteiger partial charge < -0.3 is 15.4 Å². The molecule has 21 heavy (non-hydrogen) atoms. The summed E-state index contributed by atoms with van der Waals surface area (Å²) in [5.41, 5.74) is 2.36. The fourth-order valence-corrected chi connectivity index (χ4v) is 2.51. The Balaban J connectivity index is 1.64. The molecule has 1 aliphatic rings. The molecule has 0 bridgehead atoms. The second-order valence-electron chi connectivity index (χ2n) is 5.52. The number of aryl methyl sites for hydroxylation is 2. The molecule has 2 heterocycles. The maximum atomic E-state index is 12.0. The highest BCUT2D eigenvalue weighted by Crippen LogP contribution is 2.08. The number of carbonyl (C=O) groups excluding carboxylic acids is 1. The van der Waals surface area contributed by atoms with Gasteiger partial charge in [-0.3, -0.25) is 9.78 Å². The standard InChI is InChI=1S/C16H25N3O2/c1-12-4-5-15(13(2)19-12)16(20)18-8-3-11-21-14-6-9-17-10-7-14/h4-5,14,17H,3,6-11H2,1-2H3,(H,18,20). The fourth-order valence-electron chi connectivity index (χ4n) is 2.51. The lowest BCUT2D eigenvalue weighted by Crippen LogP contribution is -2.33. The molecule has 1 aromatic rings. The van der Waals surface area contributed by atoms with Gasteiger partial charge in [-0.2, -0.15) is 0 Å². The molecule has 0 spiro atoms. The van der Waals surface area contributed by atoms with Crippen LogP contribution in [0.4, 0.5) is 0 Å². The maximum Gasteiger partial charge on any atom is 0.253 e. The minimum absolute atomic E-state index is 0.0538. The van der Waals surface area contributed by atoms with E-state index in [1.165, 1.54) is 0 Å². The summed E-state index contributed by atoms with van der Waals surface area (Å²) in [6, 6.07) is 3.70. The van der Waals surface area contributed by atoms with E-state index in [0.717, 1.165) is 43.7 Å². The van der Waals surface area contributed by atoms with Crippen LogP contribution in [0.1, 0.15) is 41.0 Å². The molecular weight excluding hydrogens is 266 g/mol. The van der Waals surface area contributed by atoms with Gasteiger partial charge in [0.1, 0.15) is 0 Å². The highest BCUT2D eigenvalue weighted by Gasteiger charge is 2.13. The summed E-state index contributed by atoms with van der Waals surface area (Å²) >= 11 is 0. The molecule has 1 saturated heterocycles. The summed E-state index contributed by atoms with van der Waals surface area (Å²) in [6.07, 6.45) is 3.39. The number of nitrogens with one attached hydrogen (secondary N) is 2. The first-order chi connectivity index (χ1) is 10.2. The first-order valence-corrected chi connectivity index (χ1v) is 7.71. The van der Waals surface area contributed by atoms with Crippen LogP contribution < -0.4 is 10.6 Å². The lowest BCUT2D eigenvalue weighted by Gasteiger charge is -2.22. The largest absolute Gasteiger partial charge is 0.378 e. The van der Waals surface area contributed by atoms with Crippen molar-refractivity contribution in [3.8, 4) is 0 Å². The van der Waals surface area contributed by atoms with E-state index >= 15 is 0 Å². The average Bonchev–Trinajstić information content (AvgIpc) is 2.47. The van der Waals surface area contributed by atoms with Crippen LogP contribution in [0, 0.1) is 13.8 Å². The number of aromatic nitrogens is 1. The van der Waals surface area contributed by atoms with Crippen LogP contribution in [-0.2, 0) is 4.74 Å². The van der Waals surface area contributed by atoms with Gasteiger partial charge in [0.15, 0.2) is 0 Å². The van der Waals surface area contributed by atoms with Crippen molar-refractivity contribution in [2.24, 2.45) is 0 Å². The number of amides is 1. The Kier molecular flexibility index (Phi) is 6.14. The molecule has 5 heteroatoms. The third kappa shape index (κ3) is 5.10. The van der Waals surface area contributed by atoms with E-state index in [2.05, 4.69) is 15.6 Å². The summed E-state index contributed by atoms with van der Waals surface area (Å²) in [6.45, 7) is 7.21. The first-order valence-electron chi connectivity index (χ1n) is 7.71. The lowest BCUT2D eigenvalue weighted by atomic mass is 10.1. The zero-order valence-corrected chi connectivity index (χ0v) is 12.9. The van der Waals surface area contributed by atoms with Gasteiger partial charge in [0.2, 0.25) is 0 Å².